The van der Waals surface area contributed by atoms with E-state index in [1.165, 1.54) is 23.1 Å². The van der Waals surface area contributed by atoms with Gasteiger partial charge in [0.15, 0.2) is 21.3 Å². The Bertz CT molecular complexity index is 1020. The Hall–Kier alpha value is -2.32. The van der Waals surface area contributed by atoms with E-state index in [0.717, 1.165) is 0 Å². The van der Waals surface area contributed by atoms with E-state index >= 15 is 0 Å². The highest BCUT2D eigenvalue weighted by Gasteiger charge is 2.39. The number of amides is 1. The van der Waals surface area contributed by atoms with Crippen molar-refractivity contribution in [2.75, 3.05) is 18.1 Å². The van der Waals surface area contributed by atoms with Gasteiger partial charge in [0.2, 0.25) is 6.10 Å². The smallest absolute Gasteiger partial charge is 0.267 e. The molecule has 0 aromatic heterocycles. The molecule has 6 nitrogen and oxygen atoms in total. The number of hydrogen-bond donors (Lipinski definition) is 0. The van der Waals surface area contributed by atoms with Crippen molar-refractivity contribution < 1.29 is 27.1 Å². The van der Waals surface area contributed by atoms with E-state index in [1.807, 2.05) is 0 Å². The second-order valence-electron chi connectivity index (χ2n) is 7.09. The van der Waals surface area contributed by atoms with Crippen molar-refractivity contribution in [2.24, 2.45) is 0 Å². The lowest BCUT2D eigenvalue weighted by atomic mass is 10.1. The van der Waals surface area contributed by atoms with Gasteiger partial charge in [-0.2, -0.15) is 0 Å². The van der Waals surface area contributed by atoms with Crippen LogP contribution in [0.2, 0.25) is 5.02 Å². The van der Waals surface area contributed by atoms with Crippen LogP contribution in [0.25, 0.3) is 0 Å². The Balaban J connectivity index is 1.62. The van der Waals surface area contributed by atoms with Crippen molar-refractivity contribution in [1.82, 2.24) is 4.90 Å². The van der Waals surface area contributed by atoms with Crippen LogP contribution in [0.3, 0.4) is 0 Å². The number of ether oxygens (including phenoxy) is 2. The number of sulfone groups is 1. The molecule has 1 fully saturated rings. The summed E-state index contributed by atoms with van der Waals surface area (Å²) in [5.74, 6) is -0.237. The highest BCUT2D eigenvalue weighted by molar-refractivity contribution is 7.91. The van der Waals surface area contributed by atoms with Crippen molar-refractivity contribution in [2.45, 2.75) is 25.1 Å². The summed E-state index contributed by atoms with van der Waals surface area (Å²) in [7, 11) is -3.26. The monoisotopic (exact) mass is 439 g/mol. The first-order valence-electron chi connectivity index (χ1n) is 9.16. The number of benzene rings is 2. The SMILES string of the molecule is O=C(C1COc2ccccc2O1)N(Cc1c(F)cccc1Cl)C1CCS(=O)(=O)C1. The van der Waals surface area contributed by atoms with Crippen molar-refractivity contribution in [1.29, 1.82) is 0 Å². The van der Waals surface area contributed by atoms with E-state index < -0.39 is 33.7 Å². The van der Waals surface area contributed by atoms with E-state index in [9.17, 15) is 17.6 Å². The van der Waals surface area contributed by atoms with Crippen LogP contribution in [0, 0.1) is 5.82 Å². The van der Waals surface area contributed by atoms with Gasteiger partial charge in [-0.3, -0.25) is 4.79 Å². The lowest BCUT2D eigenvalue weighted by Crippen LogP contribution is -2.50. The summed E-state index contributed by atoms with van der Waals surface area (Å²) in [5.41, 5.74) is 0.143. The number of hydrogen-bond acceptors (Lipinski definition) is 5. The van der Waals surface area contributed by atoms with E-state index in [4.69, 9.17) is 21.1 Å². The molecule has 1 saturated heterocycles. The molecule has 0 saturated carbocycles. The molecule has 2 unspecified atom stereocenters. The van der Waals surface area contributed by atoms with Crippen molar-refractivity contribution in [3.8, 4) is 11.5 Å². The summed E-state index contributed by atoms with van der Waals surface area (Å²) in [6, 6.07) is 10.7. The zero-order valence-electron chi connectivity index (χ0n) is 15.4. The van der Waals surface area contributed by atoms with Gasteiger partial charge in [0.25, 0.3) is 5.91 Å². The fourth-order valence-electron chi connectivity index (χ4n) is 3.59. The van der Waals surface area contributed by atoms with E-state index in [2.05, 4.69) is 0 Å². The van der Waals surface area contributed by atoms with Crippen LogP contribution in [0.1, 0.15) is 12.0 Å². The summed E-state index contributed by atoms with van der Waals surface area (Å²) >= 11 is 6.14. The number of carbonyl (C=O) groups is 1. The molecule has 2 aromatic carbocycles. The Kier molecular flexibility index (Phi) is 5.40. The third-order valence-corrected chi connectivity index (χ3v) is 7.21. The van der Waals surface area contributed by atoms with Gasteiger partial charge in [0.1, 0.15) is 12.4 Å². The predicted octanol–water partition coefficient (Wildman–Crippen LogP) is 2.83. The fourth-order valence-corrected chi connectivity index (χ4v) is 5.54. The standard InChI is InChI=1S/C20H19ClFNO5S/c21-15-4-3-5-16(22)14(15)10-23(13-8-9-29(25,26)12-13)20(24)19-11-27-17-6-1-2-7-18(17)28-19/h1-7,13,19H,8-12H2. The second-order valence-corrected chi connectivity index (χ2v) is 9.72. The van der Waals surface area contributed by atoms with Gasteiger partial charge < -0.3 is 14.4 Å². The molecule has 0 radical (unpaired) electrons. The van der Waals surface area contributed by atoms with Gasteiger partial charge in [-0.15, -0.1) is 0 Å². The average Bonchev–Trinajstić information content (AvgIpc) is 3.06. The van der Waals surface area contributed by atoms with Gasteiger partial charge in [-0.1, -0.05) is 29.8 Å². The molecular formula is C20H19ClFNO5S. The normalized spacial score (nSPS) is 22.3. The molecule has 4 rings (SSSR count). The molecule has 2 aliphatic heterocycles. The summed E-state index contributed by atoms with van der Waals surface area (Å²) < 4.78 is 49.8. The molecular weight excluding hydrogens is 421 g/mol. The van der Waals surface area contributed by atoms with E-state index in [-0.39, 0.29) is 41.7 Å². The summed E-state index contributed by atoms with van der Waals surface area (Å²) in [6.45, 7) is -0.164. The van der Waals surface area contributed by atoms with Crippen LogP contribution in [-0.4, -0.2) is 49.5 Å². The minimum absolute atomic E-state index is 0.0166. The van der Waals surface area contributed by atoms with Crippen molar-refractivity contribution >= 4 is 27.3 Å². The zero-order chi connectivity index (χ0) is 20.6. The van der Waals surface area contributed by atoms with Gasteiger partial charge >= 0.3 is 0 Å². The number of fused-ring (bicyclic) bond motifs is 1. The first kappa shape index (κ1) is 20.0. The predicted molar refractivity (Wildman–Crippen MR) is 105 cm³/mol. The minimum atomic E-state index is -3.26. The van der Waals surface area contributed by atoms with Crippen LogP contribution in [0.15, 0.2) is 42.5 Å². The summed E-state index contributed by atoms with van der Waals surface area (Å²) in [6.07, 6.45) is -0.677. The first-order chi connectivity index (χ1) is 13.8. The number of nitrogens with zero attached hydrogens (tertiary/aromatic N) is 1. The van der Waals surface area contributed by atoms with Gasteiger partial charge in [0.05, 0.1) is 18.1 Å². The number of carbonyl (C=O) groups excluding carboxylic acids is 1. The molecule has 0 N–H and O–H groups in total. The maximum atomic E-state index is 14.4. The molecule has 0 spiro atoms. The van der Waals surface area contributed by atoms with Crippen molar-refractivity contribution in [3.05, 3.63) is 58.9 Å². The zero-order valence-corrected chi connectivity index (χ0v) is 17.0. The summed E-state index contributed by atoms with van der Waals surface area (Å²) in [4.78, 5) is 14.7. The van der Waals surface area contributed by atoms with Crippen LogP contribution >= 0.6 is 11.6 Å². The second kappa shape index (κ2) is 7.84. The molecule has 2 aromatic rings. The molecule has 9 heteroatoms. The van der Waals surface area contributed by atoms with Crippen LogP contribution in [0.4, 0.5) is 4.39 Å². The van der Waals surface area contributed by atoms with Crippen molar-refractivity contribution in [3.63, 3.8) is 0 Å². The molecule has 0 aliphatic carbocycles. The van der Waals surface area contributed by atoms with Gasteiger partial charge in [0, 0.05) is 16.6 Å². The molecule has 0 bridgehead atoms. The van der Waals surface area contributed by atoms with Gasteiger partial charge in [-0.25, -0.2) is 12.8 Å². The topological polar surface area (TPSA) is 72.9 Å². The largest absolute Gasteiger partial charge is 0.485 e. The quantitative estimate of drug-likeness (QED) is 0.732. The highest BCUT2D eigenvalue weighted by atomic mass is 35.5. The van der Waals surface area contributed by atoms with E-state index in [1.54, 1.807) is 24.3 Å². The van der Waals surface area contributed by atoms with E-state index in [0.29, 0.717) is 11.5 Å². The molecule has 154 valence electrons. The molecule has 2 aliphatic rings. The maximum absolute atomic E-state index is 14.4. The lowest BCUT2D eigenvalue weighted by molar-refractivity contribution is -0.144. The third-order valence-electron chi connectivity index (χ3n) is 5.11. The molecule has 2 heterocycles. The summed E-state index contributed by atoms with van der Waals surface area (Å²) in [5, 5.41) is 0.176. The van der Waals surface area contributed by atoms with Crippen LogP contribution in [-0.2, 0) is 21.2 Å². The average molecular weight is 440 g/mol. The maximum Gasteiger partial charge on any atom is 0.267 e. The molecule has 1 amide bonds. The molecule has 29 heavy (non-hydrogen) atoms. The van der Waals surface area contributed by atoms with Gasteiger partial charge in [-0.05, 0) is 30.7 Å². The number of rotatable bonds is 4. The van der Waals surface area contributed by atoms with Crippen LogP contribution in [0.5, 0.6) is 11.5 Å². The first-order valence-corrected chi connectivity index (χ1v) is 11.4. The third kappa shape index (κ3) is 4.18. The highest BCUT2D eigenvalue weighted by Crippen LogP contribution is 2.32. The van der Waals surface area contributed by atoms with Crippen LogP contribution < -0.4 is 9.47 Å². The Labute approximate surface area is 173 Å². The number of halogens is 2. The Morgan fingerprint density at radius 2 is 1.93 bits per heavy atom. The molecule has 2 atom stereocenters. The fraction of sp³-hybridized carbons (Fsp3) is 0.350. The Morgan fingerprint density at radius 1 is 1.17 bits per heavy atom. The number of para-hydroxylation sites is 2. The Morgan fingerprint density at radius 3 is 2.62 bits per heavy atom. The lowest BCUT2D eigenvalue weighted by Gasteiger charge is -2.34. The minimum Gasteiger partial charge on any atom is -0.485 e.